The molecule has 13 heteroatoms. The first-order chi connectivity index (χ1) is 15.7. The largest absolute Gasteiger partial charge is 0.380 e. The zero-order valence-corrected chi connectivity index (χ0v) is 20.5. The number of nitrogen functional groups attached to an aromatic ring is 2. The fourth-order valence-corrected chi connectivity index (χ4v) is 4.32. The lowest BCUT2D eigenvalue weighted by molar-refractivity contribution is -0.131. The second-order valence-corrected chi connectivity index (χ2v) is 8.96. The number of piperazine rings is 2. The van der Waals surface area contributed by atoms with Crippen molar-refractivity contribution >= 4 is 52.1 Å². The van der Waals surface area contributed by atoms with Gasteiger partial charge in [0, 0.05) is 70.4 Å². The van der Waals surface area contributed by atoms with Crippen molar-refractivity contribution in [2.45, 2.75) is 32.9 Å². The van der Waals surface area contributed by atoms with Crippen molar-refractivity contribution in [1.29, 1.82) is 0 Å². The van der Waals surface area contributed by atoms with Crippen LogP contribution in [0, 0.1) is 0 Å². The Kier molecular flexibility index (Phi) is 8.33. The van der Waals surface area contributed by atoms with Crippen molar-refractivity contribution in [3.63, 3.8) is 0 Å². The van der Waals surface area contributed by atoms with Gasteiger partial charge in [0.2, 0.25) is 5.91 Å². The summed E-state index contributed by atoms with van der Waals surface area (Å²) in [7, 11) is 0. The lowest BCUT2D eigenvalue weighted by Crippen LogP contribution is -2.53. The van der Waals surface area contributed by atoms with Crippen LogP contribution in [-0.2, 0) is 4.79 Å². The average molecular weight is 497 g/mol. The molecule has 2 aliphatic heterocycles. The molecule has 33 heavy (non-hydrogen) atoms. The van der Waals surface area contributed by atoms with Gasteiger partial charge < -0.3 is 31.5 Å². The van der Waals surface area contributed by atoms with Crippen LogP contribution in [0.1, 0.15) is 20.8 Å². The molecule has 0 bridgehead atoms. The van der Waals surface area contributed by atoms with E-state index in [-0.39, 0.29) is 11.9 Å². The highest BCUT2D eigenvalue weighted by Gasteiger charge is 2.27. The smallest absolute Gasteiger partial charge is 0.219 e. The molecular formula is C20H30Cl2N10O. The fraction of sp³-hybridized carbons (Fsp3) is 0.550. The topological polar surface area (TPSA) is 142 Å². The summed E-state index contributed by atoms with van der Waals surface area (Å²) < 4.78 is 0. The Balaban J connectivity index is 0.000000189. The van der Waals surface area contributed by atoms with Gasteiger partial charge in [-0.05, 0) is 13.8 Å². The maximum Gasteiger partial charge on any atom is 0.219 e. The third kappa shape index (κ3) is 6.46. The summed E-state index contributed by atoms with van der Waals surface area (Å²) in [6.45, 7) is 10.6. The maximum atomic E-state index is 11.4. The van der Waals surface area contributed by atoms with Gasteiger partial charge in [-0.15, -0.1) is 20.4 Å². The van der Waals surface area contributed by atoms with Gasteiger partial charge in [0.15, 0.2) is 21.9 Å². The van der Waals surface area contributed by atoms with Gasteiger partial charge in [0.1, 0.15) is 0 Å². The second-order valence-electron chi connectivity index (χ2n) is 8.18. The first kappa shape index (κ1) is 25.0. The van der Waals surface area contributed by atoms with Crippen molar-refractivity contribution in [2.24, 2.45) is 0 Å². The number of halogens is 2. The Labute approximate surface area is 203 Å². The molecule has 1 amide bonds. The number of carbonyl (C=O) groups is 1. The SMILES string of the molecule is CC(=O)N1CCN(c2cc(Cl)nnc2N)CC1C.CC1CN(c2cc(Cl)nnc2N)CCN1. The normalized spacial score (nSPS) is 20.8. The van der Waals surface area contributed by atoms with Crippen molar-refractivity contribution in [3.05, 3.63) is 22.4 Å². The van der Waals surface area contributed by atoms with Crippen LogP contribution in [0.25, 0.3) is 0 Å². The van der Waals surface area contributed by atoms with E-state index in [4.69, 9.17) is 34.7 Å². The van der Waals surface area contributed by atoms with E-state index in [0.29, 0.717) is 41.1 Å². The van der Waals surface area contributed by atoms with Crippen LogP contribution in [0.5, 0.6) is 0 Å². The van der Waals surface area contributed by atoms with Crippen LogP contribution in [0.4, 0.5) is 23.0 Å². The number of hydrogen-bond donors (Lipinski definition) is 3. The Morgan fingerprint density at radius 1 is 0.939 bits per heavy atom. The van der Waals surface area contributed by atoms with Gasteiger partial charge in [-0.3, -0.25) is 4.79 Å². The van der Waals surface area contributed by atoms with Gasteiger partial charge in [-0.1, -0.05) is 23.2 Å². The van der Waals surface area contributed by atoms with E-state index in [0.717, 1.165) is 37.6 Å². The summed E-state index contributed by atoms with van der Waals surface area (Å²) in [5.41, 5.74) is 13.2. The predicted molar refractivity (Wildman–Crippen MR) is 132 cm³/mol. The average Bonchev–Trinajstić information content (AvgIpc) is 2.77. The van der Waals surface area contributed by atoms with Crippen LogP contribution < -0.4 is 26.6 Å². The summed E-state index contributed by atoms with van der Waals surface area (Å²) in [4.78, 5) is 17.5. The molecule has 2 aliphatic rings. The van der Waals surface area contributed by atoms with E-state index in [9.17, 15) is 4.79 Å². The summed E-state index contributed by atoms with van der Waals surface area (Å²) in [5.74, 6) is 0.900. The monoisotopic (exact) mass is 496 g/mol. The molecule has 0 radical (unpaired) electrons. The molecule has 4 rings (SSSR count). The molecule has 2 atom stereocenters. The number of aromatic nitrogens is 4. The highest BCUT2D eigenvalue weighted by Crippen LogP contribution is 2.26. The molecular weight excluding hydrogens is 467 g/mol. The van der Waals surface area contributed by atoms with Gasteiger partial charge in [-0.25, -0.2) is 0 Å². The minimum atomic E-state index is 0.0982. The Morgan fingerprint density at radius 3 is 1.97 bits per heavy atom. The number of anilines is 4. The van der Waals surface area contributed by atoms with Crippen LogP contribution in [-0.4, -0.2) is 82.6 Å². The van der Waals surface area contributed by atoms with Crippen LogP contribution in [0.2, 0.25) is 10.3 Å². The minimum Gasteiger partial charge on any atom is -0.380 e. The molecule has 2 aromatic rings. The fourth-order valence-electron chi connectivity index (χ4n) is 4.04. The van der Waals surface area contributed by atoms with Gasteiger partial charge in [0.25, 0.3) is 0 Å². The second kappa shape index (κ2) is 11.0. The zero-order chi connectivity index (χ0) is 24.1. The van der Waals surface area contributed by atoms with Crippen molar-refractivity contribution in [1.82, 2.24) is 30.6 Å². The molecule has 11 nitrogen and oxygen atoms in total. The third-order valence-electron chi connectivity index (χ3n) is 5.63. The Bertz CT molecular complexity index is 978. The van der Waals surface area contributed by atoms with Crippen molar-refractivity contribution in [2.75, 3.05) is 60.5 Å². The van der Waals surface area contributed by atoms with Crippen LogP contribution >= 0.6 is 23.2 Å². The molecule has 5 N–H and O–H groups in total. The van der Waals surface area contributed by atoms with E-state index >= 15 is 0 Å². The summed E-state index contributed by atoms with van der Waals surface area (Å²) >= 11 is 11.6. The zero-order valence-electron chi connectivity index (χ0n) is 19.0. The molecule has 4 heterocycles. The molecule has 2 fully saturated rings. The van der Waals surface area contributed by atoms with Gasteiger partial charge in [-0.2, -0.15) is 0 Å². The number of nitrogens with two attached hydrogens (primary N) is 2. The highest BCUT2D eigenvalue weighted by atomic mass is 35.5. The van der Waals surface area contributed by atoms with Crippen LogP contribution in [0.3, 0.4) is 0 Å². The number of carbonyl (C=O) groups excluding carboxylic acids is 1. The molecule has 2 unspecified atom stereocenters. The molecule has 0 aliphatic carbocycles. The summed E-state index contributed by atoms with van der Waals surface area (Å²) in [5, 5.41) is 19.1. The number of nitrogens with one attached hydrogen (secondary N) is 1. The highest BCUT2D eigenvalue weighted by molar-refractivity contribution is 6.30. The first-order valence-corrected chi connectivity index (χ1v) is 11.5. The minimum absolute atomic E-state index is 0.0982. The molecule has 0 aromatic carbocycles. The van der Waals surface area contributed by atoms with Crippen molar-refractivity contribution < 1.29 is 4.79 Å². The maximum absolute atomic E-state index is 11.4. The molecule has 0 saturated carbocycles. The number of rotatable bonds is 2. The standard InChI is InChI=1S/C11H16ClN5O.C9H14ClN5/c1-7-6-16(3-4-17(7)8(2)18)9-5-10(12)14-15-11(9)13;1-6-5-15(3-2-12-6)7-4-8(10)13-14-9(7)11/h5,7H,3-4,6H2,1-2H3,(H2,13,15);4,6,12H,2-3,5H2,1H3,(H2,11,14). The summed E-state index contributed by atoms with van der Waals surface area (Å²) in [6, 6.07) is 4.06. The number of amides is 1. The van der Waals surface area contributed by atoms with Crippen molar-refractivity contribution in [3.8, 4) is 0 Å². The predicted octanol–water partition coefficient (Wildman–Crippen LogP) is 1.28. The Morgan fingerprint density at radius 2 is 1.48 bits per heavy atom. The van der Waals surface area contributed by atoms with E-state index in [1.807, 2.05) is 11.8 Å². The molecule has 2 saturated heterocycles. The lowest BCUT2D eigenvalue weighted by Gasteiger charge is -2.40. The van der Waals surface area contributed by atoms with Gasteiger partial charge in [0.05, 0.1) is 11.4 Å². The quantitative estimate of drug-likeness (QED) is 0.555. The van der Waals surface area contributed by atoms with E-state index < -0.39 is 0 Å². The number of hydrogen-bond acceptors (Lipinski definition) is 10. The molecule has 2 aromatic heterocycles. The van der Waals surface area contributed by atoms with Crippen LogP contribution in [0.15, 0.2) is 12.1 Å². The molecule has 180 valence electrons. The number of nitrogens with zero attached hydrogens (tertiary/aromatic N) is 7. The lowest BCUT2D eigenvalue weighted by atomic mass is 10.1. The van der Waals surface area contributed by atoms with E-state index in [2.05, 4.69) is 42.4 Å². The Hall–Kier alpha value is -2.63. The molecule has 0 spiro atoms. The first-order valence-electron chi connectivity index (χ1n) is 10.7. The summed E-state index contributed by atoms with van der Waals surface area (Å²) in [6.07, 6.45) is 0. The van der Waals surface area contributed by atoms with Gasteiger partial charge >= 0.3 is 0 Å². The van der Waals surface area contributed by atoms with E-state index in [1.54, 1.807) is 19.1 Å². The van der Waals surface area contributed by atoms with E-state index in [1.165, 1.54) is 0 Å². The third-order valence-corrected chi connectivity index (χ3v) is 5.99.